The van der Waals surface area contributed by atoms with Gasteiger partial charge in [-0.15, -0.1) is 0 Å². The second-order valence-corrected chi connectivity index (χ2v) is 32.4. The molecule has 5 unspecified atom stereocenters. The van der Waals surface area contributed by atoms with Gasteiger partial charge in [0.25, 0.3) is 11.8 Å². The summed E-state index contributed by atoms with van der Waals surface area (Å²) in [5, 5.41) is 26.4. The molecule has 14 rings (SSSR count). The summed E-state index contributed by atoms with van der Waals surface area (Å²) in [4.78, 5) is 124. The zero-order valence-electron chi connectivity index (χ0n) is 61.2. The molecule has 2 aromatic carbocycles. The molecule has 0 radical (unpaired) electrons. The number of aromatic nitrogens is 4. The van der Waals surface area contributed by atoms with E-state index in [1.807, 2.05) is 50.9 Å². The molecule has 4 saturated heterocycles. The number of amides is 2. The van der Waals surface area contributed by atoms with Crippen molar-refractivity contribution in [1.29, 1.82) is 0 Å². The highest BCUT2D eigenvalue weighted by molar-refractivity contribution is 9.10. The molecule has 4 aromatic heterocycles. The summed E-state index contributed by atoms with van der Waals surface area (Å²) in [6.45, 7) is 18.3. The number of likely N-dealkylation sites (N-methyl/N-ethyl adjacent to an activating group) is 4. The minimum Gasteiger partial charge on any atom is -0.503 e. The maximum Gasteiger partial charge on any atom is 0.257 e. The fraction of sp³-hybridized carbons (Fsp3) is 0.507. The summed E-state index contributed by atoms with van der Waals surface area (Å²) in [6, 6.07) is 6.24. The van der Waals surface area contributed by atoms with Gasteiger partial charge in [0.2, 0.25) is 21.7 Å². The first-order chi connectivity index (χ1) is 49.2. The number of methoxy groups -OCH3 is 3. The standard InChI is InChI=1S/C23H25F2N3O4.C22H23F2N3O4.C15H21BrN2O3.C15H19BrN2O3/c1-23(2)20-16(7-8-27(20)3)28-11-14(18(29)19(32-4)17(28)21(23)30)22(31)26-10-12-5-6-13(24)9-15(12)25;1-22(2)19-15(6-7-26(19)3)27-10-13(17(28)18(29)16(27)20(22)30)21(31)25-9-11-4-5-12(23)8-14(11)24;2*1-15(2)13-9(5-6-17(13)3)18-7-8(16)11(19)12(21-4)10(18)14(15)20/h5-6,9,11,16,20H,7-8,10H2,1-4H3,(H,26,31);4-5,8,10,15,19,29H,6-7,9H2,1-3H3,(H,25,31);7,9,13-14,20H,5-6H2,1-4H3;7,9,13H,5-6H2,1-4H3/t16-,20?;15-,19?;9-,13?,14?;9-,13?/m1111/s1. The van der Waals surface area contributed by atoms with Crippen LogP contribution in [0.3, 0.4) is 0 Å². The average Bonchev–Trinajstić information content (AvgIpc) is 1.72. The fourth-order valence-electron chi connectivity index (χ4n) is 18.0. The SMILES string of the molecule is CN1CC[C@@H]2C1C(C)(C)C(=O)c1c(O)c(=O)c(C(=O)NCc3ccc(F)cc3F)cn12.COc1c2n(cc(Br)c1=O)[C@@H]1CCN(C)C1C(C)(C)C2=O.COc1c2n(cc(Br)c1=O)[C@@H]1CCN(C)C1C(C)(C)C2O.COc1c2n(cc(C(=O)NCc3ccc(F)cc3F)c1=O)[C@@H]1CCN(C)C1C(C)(C)C2=O. The number of halogens is 6. The van der Waals surface area contributed by atoms with E-state index in [4.69, 9.17) is 14.2 Å². The molecule has 30 heteroatoms. The number of likely N-dealkylation sites (tertiary alicyclic amines) is 4. The number of ketones is 3. The lowest BCUT2D eigenvalue weighted by molar-refractivity contribution is -0.0428. The van der Waals surface area contributed by atoms with Crippen LogP contribution in [0.1, 0.15) is 180 Å². The lowest BCUT2D eigenvalue weighted by atomic mass is 9.71. The zero-order valence-corrected chi connectivity index (χ0v) is 64.4. The van der Waals surface area contributed by atoms with Crippen LogP contribution < -0.4 is 46.6 Å². The molecule has 4 fully saturated rings. The summed E-state index contributed by atoms with van der Waals surface area (Å²) in [5.41, 5.74) is -3.89. The number of aliphatic hydroxyl groups excluding tert-OH is 1. The molecule has 9 atom stereocenters. The molecule has 12 heterocycles. The molecule has 0 spiro atoms. The number of rotatable bonds is 9. The molecule has 24 nitrogen and oxygen atoms in total. The number of pyridine rings is 4. The van der Waals surface area contributed by atoms with E-state index in [1.165, 1.54) is 50.4 Å². The van der Waals surface area contributed by atoms with Crippen molar-refractivity contribution in [2.75, 3.05) is 75.7 Å². The third kappa shape index (κ3) is 13.1. The van der Waals surface area contributed by atoms with Crippen molar-refractivity contribution < 1.29 is 66.0 Å². The highest BCUT2D eigenvalue weighted by Crippen LogP contribution is 2.54. The van der Waals surface area contributed by atoms with Gasteiger partial charge in [0, 0.05) is 133 Å². The Morgan fingerprint density at radius 2 is 0.819 bits per heavy atom. The molecule has 8 aliphatic rings. The van der Waals surface area contributed by atoms with Crippen LogP contribution in [0.15, 0.2) is 89.3 Å². The molecule has 0 aliphatic carbocycles. The maximum absolute atomic E-state index is 13.9. The van der Waals surface area contributed by atoms with Gasteiger partial charge in [0.05, 0.1) is 60.1 Å². The molecule has 0 bridgehead atoms. The van der Waals surface area contributed by atoms with E-state index in [1.54, 1.807) is 30.8 Å². The van der Waals surface area contributed by atoms with Gasteiger partial charge in [-0.05, 0) is 97.9 Å². The van der Waals surface area contributed by atoms with Crippen LogP contribution in [0.4, 0.5) is 17.6 Å². The number of carbonyl (C=O) groups is 5. The number of ether oxygens (including phenoxy) is 3. The minimum absolute atomic E-state index is 0.0287. The molecule has 4 N–H and O–H groups in total. The molecule has 564 valence electrons. The van der Waals surface area contributed by atoms with E-state index in [0.717, 1.165) is 63.6 Å². The van der Waals surface area contributed by atoms with Crippen LogP contribution in [0, 0.1) is 44.9 Å². The third-order valence-electron chi connectivity index (χ3n) is 23.0. The number of fused-ring (bicyclic) bond motifs is 12. The van der Waals surface area contributed by atoms with Crippen LogP contribution >= 0.6 is 31.9 Å². The Morgan fingerprint density at radius 3 is 1.22 bits per heavy atom. The van der Waals surface area contributed by atoms with E-state index < -0.39 is 74.0 Å². The molecule has 2 amide bonds. The predicted octanol–water partition coefficient (Wildman–Crippen LogP) is 8.79. The molecule has 6 aromatic rings. The Morgan fingerprint density at radius 1 is 0.486 bits per heavy atom. The van der Waals surface area contributed by atoms with Gasteiger partial charge in [-0.3, -0.25) is 43.2 Å². The lowest BCUT2D eigenvalue weighted by Gasteiger charge is -2.48. The second-order valence-electron chi connectivity index (χ2n) is 30.7. The van der Waals surface area contributed by atoms with E-state index in [9.17, 15) is 70.9 Å². The Balaban J connectivity index is 0.000000142. The van der Waals surface area contributed by atoms with E-state index >= 15 is 0 Å². The Kier molecular flexibility index (Phi) is 21.4. The van der Waals surface area contributed by atoms with E-state index in [-0.39, 0.29) is 146 Å². The first-order valence-corrected chi connectivity index (χ1v) is 36.2. The number of aromatic hydroxyl groups is 1. The van der Waals surface area contributed by atoms with E-state index in [0.29, 0.717) is 32.8 Å². The quantitative estimate of drug-likeness (QED) is 0.0984. The topological polar surface area (TPSA) is 279 Å². The van der Waals surface area contributed by atoms with Crippen LogP contribution in [-0.4, -0.2) is 177 Å². The predicted molar refractivity (Wildman–Crippen MR) is 388 cm³/mol. The van der Waals surface area contributed by atoms with Gasteiger partial charge < -0.3 is 72.9 Å². The monoisotopic (exact) mass is 1590 g/mol. The Hall–Kier alpha value is -8.13. The normalized spacial score (nSPS) is 24.8. The number of hydrogen-bond donors (Lipinski definition) is 4. The zero-order chi connectivity index (χ0) is 77.1. The average molecular weight is 1590 g/mol. The van der Waals surface area contributed by atoms with Gasteiger partial charge >= 0.3 is 0 Å². The van der Waals surface area contributed by atoms with Gasteiger partial charge in [-0.1, -0.05) is 67.5 Å². The molecule has 8 aliphatic heterocycles. The number of hydrogen-bond acceptors (Lipinski definition) is 18. The molecular weight excluding hydrogens is 1500 g/mol. The molecule has 0 saturated carbocycles. The van der Waals surface area contributed by atoms with Gasteiger partial charge in [0.1, 0.15) is 57.6 Å². The molecular formula is C75H88Br2F4N10O14. The highest BCUT2D eigenvalue weighted by atomic mass is 79.9. The number of benzene rings is 2. The summed E-state index contributed by atoms with van der Waals surface area (Å²) in [5.74, 6) is -5.78. The second kappa shape index (κ2) is 28.9. The number of Topliss-reactive ketones (excluding diaryl/α,β-unsaturated/α-hetero) is 3. The molecule has 105 heavy (non-hydrogen) atoms. The van der Waals surface area contributed by atoms with Crippen molar-refractivity contribution in [2.45, 2.75) is 149 Å². The smallest absolute Gasteiger partial charge is 0.257 e. The maximum atomic E-state index is 13.9. The van der Waals surface area contributed by atoms with Gasteiger partial charge in [-0.25, -0.2) is 17.6 Å². The number of aliphatic hydroxyl groups is 1. The van der Waals surface area contributed by atoms with Crippen LogP contribution in [0.25, 0.3) is 0 Å². The van der Waals surface area contributed by atoms with Crippen LogP contribution in [-0.2, 0) is 13.1 Å². The largest absolute Gasteiger partial charge is 0.503 e. The first-order valence-electron chi connectivity index (χ1n) is 34.6. The van der Waals surface area contributed by atoms with Gasteiger partial charge in [-0.2, -0.15) is 0 Å². The summed E-state index contributed by atoms with van der Waals surface area (Å²) >= 11 is 6.61. The third-order valence-corrected chi connectivity index (χ3v) is 24.1. The highest BCUT2D eigenvalue weighted by Gasteiger charge is 2.58. The van der Waals surface area contributed by atoms with E-state index in [2.05, 4.69) is 90.0 Å². The minimum atomic E-state index is -0.961. The number of nitrogens with zero attached hydrogens (tertiary/aromatic N) is 8. The summed E-state index contributed by atoms with van der Waals surface area (Å²) in [6.07, 6.45) is 8.91. The lowest BCUT2D eigenvalue weighted by Crippen LogP contribution is -2.53. The van der Waals surface area contributed by atoms with Crippen molar-refractivity contribution in [3.63, 3.8) is 0 Å². The van der Waals surface area contributed by atoms with Crippen LogP contribution in [0.5, 0.6) is 23.0 Å². The summed E-state index contributed by atoms with van der Waals surface area (Å²) in [7, 11) is 12.2. The van der Waals surface area contributed by atoms with Crippen LogP contribution in [0.2, 0.25) is 0 Å². The van der Waals surface area contributed by atoms with Crippen molar-refractivity contribution in [1.82, 2.24) is 48.5 Å². The Labute approximate surface area is 620 Å². The Bertz CT molecular complexity index is 4820. The van der Waals surface area contributed by atoms with Crippen molar-refractivity contribution in [2.24, 2.45) is 21.7 Å². The fourth-order valence-corrected chi connectivity index (χ4v) is 18.8. The summed E-state index contributed by atoms with van der Waals surface area (Å²) < 4.78 is 77.9. The van der Waals surface area contributed by atoms with Crippen molar-refractivity contribution in [3.8, 4) is 23.0 Å². The van der Waals surface area contributed by atoms with Crippen molar-refractivity contribution >= 4 is 61.0 Å². The van der Waals surface area contributed by atoms with Gasteiger partial charge in [0.15, 0.2) is 40.3 Å². The first kappa shape index (κ1) is 78.0. The number of carbonyl (C=O) groups excluding carboxylic acids is 5. The van der Waals surface area contributed by atoms with Crippen molar-refractivity contribution in [3.05, 3.63) is 179 Å². The number of nitrogens with one attached hydrogen (secondary N) is 2.